The van der Waals surface area contributed by atoms with Gasteiger partial charge in [-0.25, -0.2) is 4.79 Å². The van der Waals surface area contributed by atoms with Gasteiger partial charge in [-0.3, -0.25) is 0 Å². The van der Waals surface area contributed by atoms with E-state index in [1.807, 2.05) is 38.8 Å². The maximum absolute atomic E-state index is 12.2. The molecule has 1 aliphatic rings. The third-order valence-electron chi connectivity index (χ3n) is 3.86. The molecule has 0 bridgehead atoms. The third-order valence-corrected chi connectivity index (χ3v) is 3.86. The van der Waals surface area contributed by atoms with Gasteiger partial charge in [-0.15, -0.1) is 0 Å². The molecular weight excluding hydrogens is 264 g/mol. The highest BCUT2D eigenvalue weighted by molar-refractivity contribution is 5.68. The van der Waals surface area contributed by atoms with E-state index in [1.165, 1.54) is 5.56 Å². The van der Waals surface area contributed by atoms with Crippen LogP contribution in [0.25, 0.3) is 0 Å². The van der Waals surface area contributed by atoms with E-state index in [-0.39, 0.29) is 12.1 Å². The Morgan fingerprint density at radius 2 is 1.95 bits per heavy atom. The normalized spacial score (nSPS) is 23.0. The molecular formula is C17H26N2O2. The van der Waals surface area contributed by atoms with Crippen LogP contribution in [-0.4, -0.2) is 42.8 Å². The summed E-state index contributed by atoms with van der Waals surface area (Å²) in [5.41, 5.74) is 0.892. The molecule has 2 atom stereocenters. The number of benzene rings is 1. The number of carbonyl (C=O) groups excluding carboxylic acids is 1. The second-order valence-electron chi connectivity index (χ2n) is 6.63. The number of hydrogen-bond donors (Lipinski definition) is 1. The van der Waals surface area contributed by atoms with Crippen LogP contribution in [0.2, 0.25) is 0 Å². The first-order valence-corrected chi connectivity index (χ1v) is 7.61. The van der Waals surface area contributed by atoms with Crippen molar-refractivity contribution < 1.29 is 9.53 Å². The van der Waals surface area contributed by atoms with Gasteiger partial charge < -0.3 is 15.0 Å². The summed E-state index contributed by atoms with van der Waals surface area (Å²) in [6, 6.07) is 10.8. The lowest BCUT2D eigenvalue weighted by Crippen LogP contribution is -2.51. The Bertz CT molecular complexity index is 467. The first-order chi connectivity index (χ1) is 9.90. The molecule has 4 nitrogen and oxygen atoms in total. The number of likely N-dealkylation sites (N-methyl/N-ethyl adjacent to an activating group) is 1. The molecule has 1 amide bonds. The van der Waals surface area contributed by atoms with E-state index in [4.69, 9.17) is 4.74 Å². The minimum Gasteiger partial charge on any atom is -0.444 e. The molecule has 0 radical (unpaired) electrons. The molecule has 1 N–H and O–H groups in total. The average Bonchev–Trinajstić information content (AvgIpc) is 2.45. The molecule has 1 heterocycles. The Morgan fingerprint density at radius 1 is 1.29 bits per heavy atom. The fourth-order valence-electron chi connectivity index (χ4n) is 2.84. The summed E-state index contributed by atoms with van der Waals surface area (Å²) >= 11 is 0. The van der Waals surface area contributed by atoms with Crippen molar-refractivity contribution in [1.82, 2.24) is 10.2 Å². The van der Waals surface area contributed by atoms with Gasteiger partial charge in [-0.05, 0) is 39.8 Å². The van der Waals surface area contributed by atoms with Gasteiger partial charge in [0.1, 0.15) is 5.60 Å². The van der Waals surface area contributed by atoms with E-state index in [0.29, 0.717) is 12.5 Å². The van der Waals surface area contributed by atoms with E-state index in [1.54, 1.807) is 0 Å². The van der Waals surface area contributed by atoms with E-state index in [2.05, 4.69) is 29.6 Å². The van der Waals surface area contributed by atoms with Crippen LogP contribution in [0.1, 0.15) is 38.7 Å². The molecule has 1 aliphatic heterocycles. The average molecular weight is 290 g/mol. The standard InChI is InChI=1S/C17H26N2O2/c1-17(2,3)21-16(20)19-11-10-14(15(12-19)18-4)13-8-6-5-7-9-13/h5-9,14-15,18H,10-12H2,1-4H3. The number of hydrogen-bond acceptors (Lipinski definition) is 3. The molecule has 1 saturated heterocycles. The van der Waals surface area contributed by atoms with Crippen LogP contribution in [0.4, 0.5) is 4.79 Å². The van der Waals surface area contributed by atoms with Crippen LogP contribution in [0.3, 0.4) is 0 Å². The van der Waals surface area contributed by atoms with Crippen LogP contribution in [0.5, 0.6) is 0 Å². The number of rotatable bonds is 2. The summed E-state index contributed by atoms with van der Waals surface area (Å²) < 4.78 is 5.47. The van der Waals surface area contributed by atoms with Crippen LogP contribution in [0, 0.1) is 0 Å². The minimum absolute atomic E-state index is 0.214. The highest BCUT2D eigenvalue weighted by atomic mass is 16.6. The van der Waals surface area contributed by atoms with Crippen molar-refractivity contribution in [3.63, 3.8) is 0 Å². The molecule has 21 heavy (non-hydrogen) atoms. The van der Waals surface area contributed by atoms with Crippen molar-refractivity contribution in [3.8, 4) is 0 Å². The zero-order valence-electron chi connectivity index (χ0n) is 13.4. The Kier molecular flexibility index (Phi) is 4.88. The molecule has 0 aromatic heterocycles. The number of nitrogens with zero attached hydrogens (tertiary/aromatic N) is 1. The van der Waals surface area contributed by atoms with Crippen LogP contribution in [0.15, 0.2) is 30.3 Å². The number of amides is 1. The summed E-state index contributed by atoms with van der Waals surface area (Å²) in [6.45, 7) is 7.13. The zero-order chi connectivity index (χ0) is 15.5. The van der Waals surface area contributed by atoms with Gasteiger partial charge in [0, 0.05) is 25.0 Å². The summed E-state index contributed by atoms with van der Waals surface area (Å²) in [5, 5.41) is 3.35. The minimum atomic E-state index is -0.442. The quantitative estimate of drug-likeness (QED) is 0.910. The molecule has 116 valence electrons. The van der Waals surface area contributed by atoms with Gasteiger partial charge in [0.05, 0.1) is 0 Å². The predicted octanol–water partition coefficient (Wildman–Crippen LogP) is 3.00. The highest BCUT2D eigenvalue weighted by Gasteiger charge is 2.33. The second kappa shape index (κ2) is 6.48. The largest absolute Gasteiger partial charge is 0.444 e. The van der Waals surface area contributed by atoms with Crippen LogP contribution in [-0.2, 0) is 4.74 Å². The molecule has 0 aliphatic carbocycles. The summed E-state index contributed by atoms with van der Waals surface area (Å²) in [5.74, 6) is 0.440. The van der Waals surface area contributed by atoms with E-state index in [0.717, 1.165) is 13.0 Å². The number of ether oxygens (including phenoxy) is 1. The first-order valence-electron chi connectivity index (χ1n) is 7.61. The monoisotopic (exact) mass is 290 g/mol. The van der Waals surface area contributed by atoms with Gasteiger partial charge in [-0.1, -0.05) is 30.3 Å². The van der Waals surface area contributed by atoms with Crippen molar-refractivity contribution in [1.29, 1.82) is 0 Å². The van der Waals surface area contributed by atoms with Crippen LogP contribution >= 0.6 is 0 Å². The number of carbonyl (C=O) groups is 1. The number of piperidine rings is 1. The fourth-order valence-corrected chi connectivity index (χ4v) is 2.84. The molecule has 1 aromatic carbocycles. The van der Waals surface area contributed by atoms with E-state index < -0.39 is 5.60 Å². The molecule has 0 saturated carbocycles. The lowest BCUT2D eigenvalue weighted by Gasteiger charge is -2.39. The van der Waals surface area contributed by atoms with Gasteiger partial charge in [0.15, 0.2) is 0 Å². The Hall–Kier alpha value is -1.55. The lowest BCUT2D eigenvalue weighted by atomic mass is 9.85. The van der Waals surface area contributed by atoms with E-state index >= 15 is 0 Å². The van der Waals surface area contributed by atoms with Crippen molar-refractivity contribution in [2.45, 2.75) is 44.8 Å². The Morgan fingerprint density at radius 3 is 2.52 bits per heavy atom. The SMILES string of the molecule is CNC1CN(C(=O)OC(C)(C)C)CCC1c1ccccc1. The van der Waals surface area contributed by atoms with Crippen LogP contribution < -0.4 is 5.32 Å². The first kappa shape index (κ1) is 15.8. The highest BCUT2D eigenvalue weighted by Crippen LogP contribution is 2.28. The topological polar surface area (TPSA) is 41.6 Å². The van der Waals surface area contributed by atoms with Crippen molar-refractivity contribution >= 4 is 6.09 Å². The number of likely N-dealkylation sites (tertiary alicyclic amines) is 1. The maximum Gasteiger partial charge on any atom is 0.410 e. The molecule has 1 aromatic rings. The molecule has 2 unspecified atom stereocenters. The fraction of sp³-hybridized carbons (Fsp3) is 0.588. The molecule has 0 spiro atoms. The molecule has 1 fully saturated rings. The van der Waals surface area contributed by atoms with Gasteiger partial charge in [0.25, 0.3) is 0 Å². The summed E-state index contributed by atoms with van der Waals surface area (Å²) in [4.78, 5) is 14.0. The summed E-state index contributed by atoms with van der Waals surface area (Å²) in [7, 11) is 1.96. The van der Waals surface area contributed by atoms with Crippen molar-refractivity contribution in [2.24, 2.45) is 0 Å². The molecule has 2 rings (SSSR count). The van der Waals surface area contributed by atoms with E-state index in [9.17, 15) is 4.79 Å². The molecule has 4 heteroatoms. The van der Waals surface area contributed by atoms with Crippen molar-refractivity contribution in [3.05, 3.63) is 35.9 Å². The zero-order valence-corrected chi connectivity index (χ0v) is 13.4. The van der Waals surface area contributed by atoms with Gasteiger partial charge in [0.2, 0.25) is 0 Å². The Balaban J connectivity index is 2.03. The van der Waals surface area contributed by atoms with Gasteiger partial charge in [-0.2, -0.15) is 0 Å². The smallest absolute Gasteiger partial charge is 0.410 e. The lowest BCUT2D eigenvalue weighted by molar-refractivity contribution is 0.0174. The van der Waals surface area contributed by atoms with Gasteiger partial charge >= 0.3 is 6.09 Å². The third kappa shape index (κ3) is 4.21. The number of nitrogens with one attached hydrogen (secondary N) is 1. The van der Waals surface area contributed by atoms with Crippen molar-refractivity contribution in [2.75, 3.05) is 20.1 Å². The predicted molar refractivity (Wildman–Crippen MR) is 84.5 cm³/mol. The second-order valence-corrected chi connectivity index (χ2v) is 6.63. The maximum atomic E-state index is 12.2. The Labute approximate surface area is 127 Å². The summed E-state index contributed by atoms with van der Waals surface area (Å²) in [6.07, 6.45) is 0.739.